The molecule has 0 spiro atoms. The van der Waals surface area contributed by atoms with E-state index in [1.165, 1.54) is 16.7 Å². The molecule has 1 saturated heterocycles. The van der Waals surface area contributed by atoms with Crippen molar-refractivity contribution in [1.82, 2.24) is 9.80 Å². The summed E-state index contributed by atoms with van der Waals surface area (Å²) in [6.07, 6.45) is 2.72. The van der Waals surface area contributed by atoms with E-state index in [1.807, 2.05) is 31.7 Å². The van der Waals surface area contributed by atoms with E-state index in [4.69, 9.17) is 9.47 Å². The van der Waals surface area contributed by atoms with E-state index in [-0.39, 0.29) is 11.6 Å². The Morgan fingerprint density at radius 2 is 1.50 bits per heavy atom. The summed E-state index contributed by atoms with van der Waals surface area (Å²) in [6.45, 7) is 10.2. The zero-order valence-corrected chi connectivity index (χ0v) is 19.7. The Bertz CT molecular complexity index is 874. The first-order chi connectivity index (χ1) is 15.3. The van der Waals surface area contributed by atoms with Crippen LogP contribution >= 0.6 is 0 Å². The van der Waals surface area contributed by atoms with Crippen molar-refractivity contribution in [3.8, 4) is 0 Å². The minimum Gasteiger partial charge on any atom is -0.444 e. The van der Waals surface area contributed by atoms with Gasteiger partial charge in [0.2, 0.25) is 0 Å². The first kappa shape index (κ1) is 22.8. The molecule has 2 aromatic carbocycles. The van der Waals surface area contributed by atoms with Gasteiger partial charge in [-0.1, -0.05) is 54.6 Å². The zero-order valence-electron chi connectivity index (χ0n) is 19.7. The van der Waals surface area contributed by atoms with Crippen LogP contribution in [0.15, 0.2) is 54.6 Å². The average Bonchev–Trinajstić information content (AvgIpc) is 3.16. The minimum absolute atomic E-state index is 0.0413. The number of carbonyl (C=O) groups excluding carboxylic acids is 1. The Morgan fingerprint density at radius 3 is 2.09 bits per heavy atom. The van der Waals surface area contributed by atoms with E-state index in [9.17, 15) is 4.79 Å². The van der Waals surface area contributed by atoms with Crippen molar-refractivity contribution in [3.05, 3.63) is 71.3 Å². The highest BCUT2D eigenvalue weighted by atomic mass is 16.6. The smallest absolute Gasteiger partial charge is 0.410 e. The number of ether oxygens (including phenoxy) is 2. The lowest BCUT2D eigenvalue weighted by molar-refractivity contribution is -0.0332. The van der Waals surface area contributed by atoms with E-state index in [1.54, 1.807) is 0 Å². The van der Waals surface area contributed by atoms with E-state index < -0.39 is 5.60 Å². The van der Waals surface area contributed by atoms with Crippen molar-refractivity contribution in [2.75, 3.05) is 39.4 Å². The molecule has 172 valence electrons. The molecule has 0 N–H and O–H groups in total. The molecule has 5 nitrogen and oxygen atoms in total. The molecular weight excluding hydrogens is 400 g/mol. The van der Waals surface area contributed by atoms with Crippen LogP contribution in [0.5, 0.6) is 0 Å². The number of rotatable bonds is 6. The fourth-order valence-corrected chi connectivity index (χ4v) is 4.88. The second-order valence-electron chi connectivity index (χ2n) is 10.1. The van der Waals surface area contributed by atoms with Crippen LogP contribution in [0.3, 0.4) is 0 Å². The van der Waals surface area contributed by atoms with E-state index in [0.29, 0.717) is 19.7 Å². The maximum Gasteiger partial charge on any atom is 0.410 e. The predicted octanol–water partition coefficient (Wildman–Crippen LogP) is 4.34. The van der Waals surface area contributed by atoms with Crippen LogP contribution < -0.4 is 0 Å². The Labute approximate surface area is 192 Å². The topological polar surface area (TPSA) is 42.0 Å². The van der Waals surface area contributed by atoms with Crippen molar-refractivity contribution in [1.29, 1.82) is 0 Å². The molecule has 1 aliphatic carbocycles. The highest BCUT2D eigenvalue weighted by molar-refractivity contribution is 5.68. The normalized spacial score (nSPS) is 18.4. The molecule has 2 aromatic rings. The van der Waals surface area contributed by atoms with Gasteiger partial charge in [0.25, 0.3) is 0 Å². The molecule has 0 radical (unpaired) electrons. The number of piperazine rings is 1. The summed E-state index contributed by atoms with van der Waals surface area (Å²) >= 11 is 0. The minimum atomic E-state index is -0.463. The molecule has 0 unspecified atom stereocenters. The summed E-state index contributed by atoms with van der Waals surface area (Å²) in [5.41, 5.74) is 3.65. The summed E-state index contributed by atoms with van der Waals surface area (Å²) in [5, 5.41) is 0. The van der Waals surface area contributed by atoms with Crippen molar-refractivity contribution in [2.24, 2.45) is 0 Å². The molecular formula is C27H36N2O3. The number of carbonyl (C=O) groups is 1. The second-order valence-corrected chi connectivity index (χ2v) is 10.1. The molecule has 0 bridgehead atoms. The van der Waals surface area contributed by atoms with Gasteiger partial charge >= 0.3 is 6.09 Å². The van der Waals surface area contributed by atoms with Crippen LogP contribution in [0.2, 0.25) is 0 Å². The largest absolute Gasteiger partial charge is 0.444 e. The molecule has 1 fully saturated rings. The Balaban J connectivity index is 1.39. The van der Waals surface area contributed by atoms with Gasteiger partial charge in [-0.05, 0) is 56.7 Å². The monoisotopic (exact) mass is 436 g/mol. The summed E-state index contributed by atoms with van der Waals surface area (Å²) in [7, 11) is 0. The molecule has 1 amide bonds. The third-order valence-corrected chi connectivity index (χ3v) is 6.51. The van der Waals surface area contributed by atoms with Crippen LogP contribution in [0.4, 0.5) is 4.79 Å². The zero-order chi connectivity index (χ0) is 22.6. The number of nitrogens with zero attached hydrogens (tertiary/aromatic N) is 2. The average molecular weight is 437 g/mol. The van der Waals surface area contributed by atoms with Crippen LogP contribution in [0.1, 0.15) is 37.5 Å². The Hall–Kier alpha value is -2.37. The van der Waals surface area contributed by atoms with Gasteiger partial charge in [-0.25, -0.2) is 4.79 Å². The first-order valence-electron chi connectivity index (χ1n) is 11.8. The summed E-state index contributed by atoms with van der Waals surface area (Å²) in [6, 6.07) is 19.3. The van der Waals surface area contributed by atoms with Crippen molar-refractivity contribution in [3.63, 3.8) is 0 Å². The van der Waals surface area contributed by atoms with Gasteiger partial charge in [0.05, 0.1) is 18.8 Å². The third-order valence-electron chi connectivity index (χ3n) is 6.51. The van der Waals surface area contributed by atoms with Crippen LogP contribution in [0, 0.1) is 0 Å². The molecule has 0 aromatic heterocycles. The van der Waals surface area contributed by atoms with E-state index in [2.05, 4.69) is 53.4 Å². The Morgan fingerprint density at radius 1 is 0.906 bits per heavy atom. The van der Waals surface area contributed by atoms with Gasteiger partial charge in [-0.2, -0.15) is 0 Å². The number of amides is 1. The maximum atomic E-state index is 12.5. The van der Waals surface area contributed by atoms with E-state index in [0.717, 1.165) is 39.0 Å². The highest BCUT2D eigenvalue weighted by Gasteiger charge is 2.44. The third kappa shape index (κ3) is 5.51. The molecule has 4 rings (SSSR count). The van der Waals surface area contributed by atoms with Gasteiger partial charge < -0.3 is 14.4 Å². The summed E-state index contributed by atoms with van der Waals surface area (Å²) in [5.74, 6) is 0. The maximum absolute atomic E-state index is 12.5. The van der Waals surface area contributed by atoms with Gasteiger partial charge in [-0.15, -0.1) is 0 Å². The molecule has 1 heterocycles. The number of hydrogen-bond acceptors (Lipinski definition) is 4. The summed E-state index contributed by atoms with van der Waals surface area (Å²) < 4.78 is 11.9. The fraction of sp³-hybridized carbons (Fsp3) is 0.519. The lowest BCUT2D eigenvalue weighted by Gasteiger charge is -2.46. The van der Waals surface area contributed by atoms with Crippen LogP contribution in [-0.4, -0.2) is 66.4 Å². The number of fused-ring (bicyclic) bond motifs is 1. The van der Waals surface area contributed by atoms with Crippen molar-refractivity contribution in [2.45, 2.75) is 51.2 Å². The molecule has 0 saturated carbocycles. The molecule has 32 heavy (non-hydrogen) atoms. The molecule has 2 aliphatic rings. The predicted molar refractivity (Wildman–Crippen MR) is 127 cm³/mol. The van der Waals surface area contributed by atoms with Crippen LogP contribution in [0.25, 0.3) is 0 Å². The lowest BCUT2D eigenvalue weighted by Crippen LogP contribution is -2.60. The quantitative estimate of drug-likeness (QED) is 0.632. The summed E-state index contributed by atoms with van der Waals surface area (Å²) in [4.78, 5) is 16.9. The van der Waals surface area contributed by atoms with Crippen molar-refractivity contribution < 1.29 is 14.3 Å². The lowest BCUT2D eigenvalue weighted by atomic mass is 9.93. The standard InChI is InChI=1S/C27H36N2O3/c1-26(2,3)32-25(30)28-14-16-29(17-15-28)27(19-23-11-7-8-12-24(23)20-27)21-31-18-13-22-9-5-4-6-10-22/h4-12H,13-21H2,1-3H3. The van der Waals surface area contributed by atoms with Gasteiger partial charge in [0.15, 0.2) is 0 Å². The van der Waals surface area contributed by atoms with E-state index >= 15 is 0 Å². The van der Waals surface area contributed by atoms with Crippen molar-refractivity contribution >= 4 is 6.09 Å². The molecule has 0 atom stereocenters. The van der Waals surface area contributed by atoms with Gasteiger partial charge in [0.1, 0.15) is 5.60 Å². The van der Waals surface area contributed by atoms with Crippen LogP contribution in [-0.2, 0) is 28.7 Å². The number of benzene rings is 2. The SMILES string of the molecule is CC(C)(C)OC(=O)N1CCN(C2(COCCc3ccccc3)Cc3ccccc3C2)CC1. The van der Waals surface area contributed by atoms with Gasteiger partial charge in [-0.3, -0.25) is 4.90 Å². The molecule has 5 heteroatoms. The second kappa shape index (κ2) is 9.63. The molecule has 1 aliphatic heterocycles. The fourth-order valence-electron chi connectivity index (χ4n) is 4.88. The van der Waals surface area contributed by atoms with Gasteiger partial charge in [0, 0.05) is 26.2 Å². The number of hydrogen-bond donors (Lipinski definition) is 0. The Kier molecular flexibility index (Phi) is 6.87. The highest BCUT2D eigenvalue weighted by Crippen LogP contribution is 2.36. The first-order valence-corrected chi connectivity index (χ1v) is 11.8.